The zero-order valence-corrected chi connectivity index (χ0v) is 12.0. The van der Waals surface area contributed by atoms with E-state index < -0.39 is 9.84 Å². The summed E-state index contributed by atoms with van der Waals surface area (Å²) in [5.74, 6) is 3.21. The lowest BCUT2D eigenvalue weighted by atomic mass is 10.2. The van der Waals surface area contributed by atoms with Crippen LogP contribution in [0.1, 0.15) is 12.0 Å². The molecule has 1 rings (SSSR count). The summed E-state index contributed by atoms with van der Waals surface area (Å²) in [4.78, 5) is 0. The third kappa shape index (κ3) is 5.23. The standard InChI is InChI=1S/C14H18O4S/c1-4-9-19(15,16)10-5-8-18-13-7-6-12(2)11-14(13)17-3/h1,6-7,11H,5,8-10H2,2-3H3. The molecule has 0 saturated heterocycles. The van der Waals surface area contributed by atoms with Crippen molar-refractivity contribution in [2.45, 2.75) is 13.3 Å². The van der Waals surface area contributed by atoms with Gasteiger partial charge in [0.1, 0.15) is 5.75 Å². The van der Waals surface area contributed by atoms with Crippen molar-refractivity contribution < 1.29 is 17.9 Å². The average Bonchev–Trinajstić information content (AvgIpc) is 2.35. The van der Waals surface area contributed by atoms with Crippen molar-refractivity contribution in [3.63, 3.8) is 0 Å². The highest BCUT2D eigenvalue weighted by Crippen LogP contribution is 2.27. The third-order valence-corrected chi connectivity index (χ3v) is 4.00. The Morgan fingerprint density at radius 1 is 1.32 bits per heavy atom. The second kappa shape index (κ2) is 7.05. The van der Waals surface area contributed by atoms with E-state index in [1.54, 1.807) is 7.11 Å². The number of hydrogen-bond donors (Lipinski definition) is 0. The summed E-state index contributed by atoms with van der Waals surface area (Å²) in [6.45, 7) is 2.27. The molecule has 19 heavy (non-hydrogen) atoms. The number of aryl methyl sites for hydroxylation is 1. The highest BCUT2D eigenvalue weighted by Gasteiger charge is 2.09. The summed E-state index contributed by atoms with van der Waals surface area (Å²) in [7, 11) is -1.59. The van der Waals surface area contributed by atoms with Gasteiger partial charge in [0.05, 0.1) is 19.5 Å². The van der Waals surface area contributed by atoms with Crippen LogP contribution in [0.5, 0.6) is 11.5 Å². The maximum Gasteiger partial charge on any atom is 0.161 e. The largest absolute Gasteiger partial charge is 0.493 e. The van der Waals surface area contributed by atoms with Crippen molar-refractivity contribution in [3.05, 3.63) is 23.8 Å². The number of hydrogen-bond acceptors (Lipinski definition) is 4. The lowest BCUT2D eigenvalue weighted by Crippen LogP contribution is -2.12. The smallest absolute Gasteiger partial charge is 0.161 e. The van der Waals surface area contributed by atoms with Crippen LogP contribution in [0.2, 0.25) is 0 Å². The second-order valence-electron chi connectivity index (χ2n) is 4.15. The molecule has 0 aliphatic carbocycles. The summed E-state index contributed by atoms with van der Waals surface area (Å²) in [6.07, 6.45) is 5.39. The lowest BCUT2D eigenvalue weighted by Gasteiger charge is -2.11. The van der Waals surface area contributed by atoms with E-state index in [2.05, 4.69) is 5.92 Å². The molecule has 0 aliphatic rings. The summed E-state index contributed by atoms with van der Waals surface area (Å²) in [6, 6.07) is 5.58. The van der Waals surface area contributed by atoms with Crippen LogP contribution in [0.4, 0.5) is 0 Å². The first-order valence-electron chi connectivity index (χ1n) is 5.90. The van der Waals surface area contributed by atoms with E-state index in [9.17, 15) is 8.42 Å². The topological polar surface area (TPSA) is 52.6 Å². The highest BCUT2D eigenvalue weighted by atomic mass is 32.2. The Bertz CT molecular complexity index is 555. The molecule has 104 valence electrons. The molecule has 0 aliphatic heterocycles. The van der Waals surface area contributed by atoms with E-state index in [0.29, 0.717) is 24.5 Å². The predicted octanol–water partition coefficient (Wildman–Crippen LogP) is 1.82. The molecule has 0 saturated carbocycles. The number of rotatable bonds is 7. The number of benzene rings is 1. The van der Waals surface area contributed by atoms with Crippen LogP contribution in [0.25, 0.3) is 0 Å². The van der Waals surface area contributed by atoms with Crippen LogP contribution >= 0.6 is 0 Å². The van der Waals surface area contributed by atoms with Gasteiger partial charge in [0.2, 0.25) is 0 Å². The number of sulfone groups is 1. The number of terminal acetylenes is 1. The van der Waals surface area contributed by atoms with Crippen molar-refractivity contribution in [2.24, 2.45) is 0 Å². The van der Waals surface area contributed by atoms with Crippen molar-refractivity contribution in [1.82, 2.24) is 0 Å². The zero-order valence-electron chi connectivity index (χ0n) is 11.2. The molecule has 0 unspecified atom stereocenters. The minimum atomic E-state index is -3.16. The van der Waals surface area contributed by atoms with Gasteiger partial charge in [0.15, 0.2) is 21.3 Å². The molecule has 4 nitrogen and oxygen atoms in total. The maximum absolute atomic E-state index is 11.4. The molecular formula is C14H18O4S. The fraction of sp³-hybridized carbons (Fsp3) is 0.429. The Balaban J connectivity index is 2.48. The molecule has 1 aromatic carbocycles. The average molecular weight is 282 g/mol. The van der Waals surface area contributed by atoms with Gasteiger partial charge in [-0.25, -0.2) is 8.42 Å². The number of methoxy groups -OCH3 is 1. The zero-order chi connectivity index (χ0) is 14.3. The van der Waals surface area contributed by atoms with E-state index in [4.69, 9.17) is 15.9 Å². The predicted molar refractivity (Wildman–Crippen MR) is 75.3 cm³/mol. The summed E-state index contributed by atoms with van der Waals surface area (Å²) >= 11 is 0. The van der Waals surface area contributed by atoms with Crippen molar-refractivity contribution in [3.8, 4) is 23.8 Å². The molecule has 0 spiro atoms. The Kier molecular flexibility index (Phi) is 5.71. The molecule has 0 bridgehead atoms. The van der Waals surface area contributed by atoms with E-state index >= 15 is 0 Å². The van der Waals surface area contributed by atoms with Crippen LogP contribution in [0.15, 0.2) is 18.2 Å². The maximum atomic E-state index is 11.4. The summed E-state index contributed by atoms with van der Waals surface area (Å²) in [5, 5.41) is 0. The number of ether oxygens (including phenoxy) is 2. The van der Waals surface area contributed by atoms with Crippen LogP contribution in [-0.4, -0.2) is 33.6 Å². The fourth-order valence-corrected chi connectivity index (χ4v) is 2.51. The molecule has 0 heterocycles. The SMILES string of the molecule is C#CCS(=O)(=O)CCCOc1ccc(C)cc1OC. The molecule has 1 aromatic rings. The van der Waals surface area contributed by atoms with Crippen LogP contribution in [0, 0.1) is 19.3 Å². The van der Waals surface area contributed by atoms with Gasteiger partial charge in [-0.05, 0) is 31.0 Å². The second-order valence-corrected chi connectivity index (χ2v) is 6.34. The Morgan fingerprint density at radius 3 is 2.68 bits per heavy atom. The first-order chi connectivity index (χ1) is 8.98. The Hall–Kier alpha value is -1.67. The summed E-state index contributed by atoms with van der Waals surface area (Å²) in [5.41, 5.74) is 1.07. The quantitative estimate of drug-likeness (QED) is 0.565. The molecule has 0 radical (unpaired) electrons. The van der Waals surface area contributed by atoms with Crippen molar-refractivity contribution in [1.29, 1.82) is 0 Å². The van der Waals surface area contributed by atoms with Gasteiger partial charge in [-0.2, -0.15) is 0 Å². The molecule has 0 N–H and O–H groups in total. The molecular weight excluding hydrogens is 264 g/mol. The van der Waals surface area contributed by atoms with Gasteiger partial charge in [0.25, 0.3) is 0 Å². The highest BCUT2D eigenvalue weighted by molar-refractivity contribution is 7.91. The first kappa shape index (κ1) is 15.4. The van der Waals surface area contributed by atoms with E-state index in [1.807, 2.05) is 25.1 Å². The van der Waals surface area contributed by atoms with Gasteiger partial charge in [-0.1, -0.05) is 12.0 Å². The van der Waals surface area contributed by atoms with E-state index in [0.717, 1.165) is 5.56 Å². The van der Waals surface area contributed by atoms with Gasteiger partial charge in [0, 0.05) is 0 Å². The van der Waals surface area contributed by atoms with Crippen molar-refractivity contribution >= 4 is 9.84 Å². The van der Waals surface area contributed by atoms with Gasteiger partial charge >= 0.3 is 0 Å². The molecule has 5 heteroatoms. The monoisotopic (exact) mass is 282 g/mol. The first-order valence-corrected chi connectivity index (χ1v) is 7.72. The third-order valence-electron chi connectivity index (χ3n) is 2.48. The molecule has 0 atom stereocenters. The van der Waals surface area contributed by atoms with E-state index in [-0.39, 0.29) is 11.5 Å². The normalized spacial score (nSPS) is 10.8. The van der Waals surface area contributed by atoms with Crippen molar-refractivity contribution in [2.75, 3.05) is 25.2 Å². The molecule has 0 fully saturated rings. The van der Waals surface area contributed by atoms with Gasteiger partial charge in [-0.3, -0.25) is 0 Å². The Morgan fingerprint density at radius 2 is 2.05 bits per heavy atom. The minimum Gasteiger partial charge on any atom is -0.493 e. The summed E-state index contributed by atoms with van der Waals surface area (Å²) < 4.78 is 33.5. The Labute approximate surface area is 114 Å². The van der Waals surface area contributed by atoms with Gasteiger partial charge < -0.3 is 9.47 Å². The van der Waals surface area contributed by atoms with Gasteiger partial charge in [-0.15, -0.1) is 6.42 Å². The fourth-order valence-electron chi connectivity index (χ4n) is 1.55. The van der Waals surface area contributed by atoms with Crippen LogP contribution < -0.4 is 9.47 Å². The molecule has 0 amide bonds. The van der Waals surface area contributed by atoms with E-state index in [1.165, 1.54) is 0 Å². The van der Waals surface area contributed by atoms with Crippen LogP contribution in [-0.2, 0) is 9.84 Å². The molecule has 0 aromatic heterocycles. The minimum absolute atomic E-state index is 0.0331. The van der Waals surface area contributed by atoms with Crippen LogP contribution in [0.3, 0.4) is 0 Å². The lowest BCUT2D eigenvalue weighted by molar-refractivity contribution is 0.294.